The standard InChI is InChI=1S/C12H9N/c13-8-2-1-3-10-4-5-11-6-7-12(11)9-10/h4-5,9H,2,6-7H2. The van der Waals surface area contributed by atoms with Gasteiger partial charge in [0.05, 0.1) is 12.5 Å². The van der Waals surface area contributed by atoms with Crippen molar-refractivity contribution in [1.29, 1.82) is 5.26 Å². The third-order valence-electron chi connectivity index (χ3n) is 2.27. The lowest BCUT2D eigenvalue weighted by atomic mass is 9.87. The minimum atomic E-state index is 0.317. The Morgan fingerprint density at radius 1 is 1.23 bits per heavy atom. The van der Waals surface area contributed by atoms with E-state index in [1.54, 1.807) is 0 Å². The first-order valence-electron chi connectivity index (χ1n) is 4.38. The highest BCUT2D eigenvalue weighted by Crippen LogP contribution is 2.23. The molecule has 0 spiro atoms. The lowest BCUT2D eigenvalue weighted by Crippen LogP contribution is -2.07. The lowest BCUT2D eigenvalue weighted by Gasteiger charge is -2.17. The highest BCUT2D eigenvalue weighted by molar-refractivity contribution is 5.45. The van der Waals surface area contributed by atoms with Gasteiger partial charge in [-0.2, -0.15) is 5.26 Å². The smallest absolute Gasteiger partial charge is 0.0966 e. The second kappa shape index (κ2) is 3.33. The van der Waals surface area contributed by atoms with Gasteiger partial charge in [-0.1, -0.05) is 17.9 Å². The summed E-state index contributed by atoms with van der Waals surface area (Å²) in [5, 5.41) is 8.30. The SMILES string of the molecule is N#CCC#Cc1ccc2c(c1)CC2. The number of fused-ring (bicyclic) bond motifs is 1. The molecule has 13 heavy (non-hydrogen) atoms. The van der Waals surface area contributed by atoms with Crippen LogP contribution in [0, 0.1) is 23.2 Å². The number of hydrogen-bond donors (Lipinski definition) is 0. The molecule has 0 saturated carbocycles. The van der Waals surface area contributed by atoms with E-state index in [2.05, 4.69) is 24.0 Å². The van der Waals surface area contributed by atoms with E-state index in [0.29, 0.717) is 6.42 Å². The summed E-state index contributed by atoms with van der Waals surface area (Å²) in [5.41, 5.74) is 3.91. The molecule has 0 radical (unpaired) electrons. The van der Waals surface area contributed by atoms with Crippen LogP contribution in [0.3, 0.4) is 0 Å². The molecule has 0 bridgehead atoms. The molecule has 0 aromatic heterocycles. The number of benzene rings is 1. The van der Waals surface area contributed by atoms with Crippen molar-refractivity contribution >= 4 is 0 Å². The van der Waals surface area contributed by atoms with E-state index in [9.17, 15) is 0 Å². The first-order chi connectivity index (χ1) is 6.40. The Bertz CT molecular complexity index is 427. The highest BCUT2D eigenvalue weighted by Gasteiger charge is 2.11. The second-order valence-corrected chi connectivity index (χ2v) is 3.12. The molecule has 0 aliphatic heterocycles. The zero-order valence-corrected chi connectivity index (χ0v) is 7.30. The fourth-order valence-electron chi connectivity index (χ4n) is 1.46. The van der Waals surface area contributed by atoms with Gasteiger partial charge in [-0.15, -0.1) is 0 Å². The van der Waals surface area contributed by atoms with E-state index in [4.69, 9.17) is 5.26 Å². The molecule has 1 nitrogen and oxygen atoms in total. The molecular formula is C12H9N. The highest BCUT2D eigenvalue weighted by atomic mass is 14.2. The molecule has 0 heterocycles. The zero-order valence-electron chi connectivity index (χ0n) is 7.30. The molecule has 0 amide bonds. The van der Waals surface area contributed by atoms with Gasteiger partial charge in [-0.05, 0) is 36.1 Å². The zero-order chi connectivity index (χ0) is 9.10. The molecule has 1 aliphatic carbocycles. The van der Waals surface area contributed by atoms with Crippen LogP contribution >= 0.6 is 0 Å². The summed E-state index contributed by atoms with van der Waals surface area (Å²) in [4.78, 5) is 0. The topological polar surface area (TPSA) is 23.8 Å². The van der Waals surface area contributed by atoms with E-state index in [-0.39, 0.29) is 0 Å². The maximum Gasteiger partial charge on any atom is 0.0966 e. The quantitative estimate of drug-likeness (QED) is 0.542. The third-order valence-corrected chi connectivity index (χ3v) is 2.27. The molecule has 1 aliphatic rings. The maximum atomic E-state index is 8.30. The normalized spacial score (nSPS) is 11.6. The van der Waals surface area contributed by atoms with Gasteiger partial charge in [0.25, 0.3) is 0 Å². The van der Waals surface area contributed by atoms with E-state index in [0.717, 1.165) is 5.56 Å². The molecule has 2 rings (SSSR count). The van der Waals surface area contributed by atoms with E-state index in [1.165, 1.54) is 24.0 Å². The first kappa shape index (κ1) is 7.90. The molecule has 0 fully saturated rings. The lowest BCUT2D eigenvalue weighted by molar-refractivity contribution is 0.838. The van der Waals surface area contributed by atoms with Gasteiger partial charge < -0.3 is 0 Å². The number of rotatable bonds is 0. The number of nitrogens with zero attached hydrogens (tertiary/aromatic N) is 1. The predicted molar refractivity (Wildman–Crippen MR) is 51.0 cm³/mol. The Morgan fingerprint density at radius 3 is 2.69 bits per heavy atom. The van der Waals surface area contributed by atoms with Crippen LogP contribution in [0.1, 0.15) is 23.1 Å². The molecular weight excluding hydrogens is 158 g/mol. The van der Waals surface area contributed by atoms with Crippen molar-refractivity contribution in [2.24, 2.45) is 0 Å². The summed E-state index contributed by atoms with van der Waals surface area (Å²) in [6.45, 7) is 0. The van der Waals surface area contributed by atoms with Crippen LogP contribution in [0.25, 0.3) is 0 Å². The van der Waals surface area contributed by atoms with Crippen LogP contribution in [-0.2, 0) is 12.8 Å². The predicted octanol–water partition coefficient (Wildman–Crippen LogP) is 2.05. The molecule has 0 atom stereocenters. The van der Waals surface area contributed by atoms with Gasteiger partial charge in [-0.25, -0.2) is 0 Å². The summed E-state index contributed by atoms with van der Waals surface area (Å²) < 4.78 is 0. The second-order valence-electron chi connectivity index (χ2n) is 3.12. The van der Waals surface area contributed by atoms with Crippen molar-refractivity contribution < 1.29 is 0 Å². The van der Waals surface area contributed by atoms with E-state index < -0.39 is 0 Å². The van der Waals surface area contributed by atoms with Gasteiger partial charge >= 0.3 is 0 Å². The van der Waals surface area contributed by atoms with Crippen molar-refractivity contribution in [3.05, 3.63) is 34.9 Å². The van der Waals surface area contributed by atoms with Crippen LogP contribution in [0.2, 0.25) is 0 Å². The average Bonchev–Trinajstić information content (AvgIpc) is 2.10. The van der Waals surface area contributed by atoms with Crippen molar-refractivity contribution in [3.8, 4) is 17.9 Å². The largest absolute Gasteiger partial charge is 0.197 e. The monoisotopic (exact) mass is 167 g/mol. The van der Waals surface area contributed by atoms with Crippen molar-refractivity contribution in [2.75, 3.05) is 0 Å². The van der Waals surface area contributed by atoms with E-state index in [1.807, 2.05) is 12.1 Å². The number of nitriles is 1. The molecule has 1 aromatic carbocycles. The van der Waals surface area contributed by atoms with Crippen LogP contribution in [0.15, 0.2) is 18.2 Å². The van der Waals surface area contributed by atoms with Crippen LogP contribution in [0.5, 0.6) is 0 Å². The summed E-state index contributed by atoms with van der Waals surface area (Å²) in [6, 6.07) is 8.30. The van der Waals surface area contributed by atoms with Crippen molar-refractivity contribution in [1.82, 2.24) is 0 Å². The molecule has 1 aromatic rings. The number of hydrogen-bond acceptors (Lipinski definition) is 1. The summed E-state index contributed by atoms with van der Waals surface area (Å²) in [7, 11) is 0. The number of aryl methyl sites for hydroxylation is 2. The fraction of sp³-hybridized carbons (Fsp3) is 0.250. The van der Waals surface area contributed by atoms with Gasteiger partial charge in [-0.3, -0.25) is 0 Å². The first-order valence-corrected chi connectivity index (χ1v) is 4.38. The minimum Gasteiger partial charge on any atom is -0.197 e. The summed E-state index contributed by atoms with van der Waals surface area (Å²) in [6.07, 6.45) is 2.71. The molecule has 62 valence electrons. The Hall–Kier alpha value is -1.73. The Balaban J connectivity index is 2.20. The minimum absolute atomic E-state index is 0.317. The van der Waals surface area contributed by atoms with Crippen molar-refractivity contribution in [2.45, 2.75) is 19.3 Å². The third kappa shape index (κ3) is 1.55. The van der Waals surface area contributed by atoms with Gasteiger partial charge in [0.1, 0.15) is 0 Å². The van der Waals surface area contributed by atoms with Gasteiger partial charge in [0.2, 0.25) is 0 Å². The Labute approximate surface area is 78.0 Å². The molecule has 0 saturated heterocycles. The van der Waals surface area contributed by atoms with Crippen molar-refractivity contribution in [3.63, 3.8) is 0 Å². The van der Waals surface area contributed by atoms with Crippen LogP contribution < -0.4 is 0 Å². The molecule has 1 heteroatoms. The summed E-state index contributed by atoms with van der Waals surface area (Å²) in [5.74, 6) is 5.79. The summed E-state index contributed by atoms with van der Waals surface area (Å²) >= 11 is 0. The molecule has 0 unspecified atom stereocenters. The van der Waals surface area contributed by atoms with E-state index >= 15 is 0 Å². The Kier molecular flexibility index (Phi) is 2.02. The van der Waals surface area contributed by atoms with Gasteiger partial charge in [0, 0.05) is 5.56 Å². The maximum absolute atomic E-state index is 8.30. The van der Waals surface area contributed by atoms with Gasteiger partial charge in [0.15, 0.2) is 0 Å². The Morgan fingerprint density at radius 2 is 2.08 bits per heavy atom. The molecule has 0 N–H and O–H groups in total. The van der Waals surface area contributed by atoms with Crippen LogP contribution in [-0.4, -0.2) is 0 Å². The van der Waals surface area contributed by atoms with Crippen LogP contribution in [0.4, 0.5) is 0 Å². The average molecular weight is 167 g/mol. The fourth-order valence-corrected chi connectivity index (χ4v) is 1.46.